The topological polar surface area (TPSA) is 81.0 Å². The SMILES string of the molecule is CCCN1/C(=C\C(=O)c2ccc(C)c(C)c2)C(C(=O)OCC)=Cc2c1nc1c(C)cccn1c2=O. The average Bonchev–Trinajstić information content (AvgIpc) is 2.83. The molecule has 0 amide bonds. The van der Waals surface area contributed by atoms with Crippen LogP contribution in [0, 0.1) is 20.8 Å². The third kappa shape index (κ3) is 4.41. The van der Waals surface area contributed by atoms with Gasteiger partial charge in [0.05, 0.1) is 23.4 Å². The first-order valence-corrected chi connectivity index (χ1v) is 11.8. The molecule has 35 heavy (non-hydrogen) atoms. The van der Waals surface area contributed by atoms with Crippen molar-refractivity contribution in [1.29, 1.82) is 0 Å². The lowest BCUT2D eigenvalue weighted by molar-refractivity contribution is -0.138. The highest BCUT2D eigenvalue weighted by Gasteiger charge is 2.32. The van der Waals surface area contributed by atoms with Gasteiger partial charge < -0.3 is 9.64 Å². The maximum atomic E-state index is 13.4. The molecule has 0 spiro atoms. The van der Waals surface area contributed by atoms with E-state index in [1.807, 2.05) is 45.9 Å². The highest BCUT2D eigenvalue weighted by molar-refractivity contribution is 6.10. The number of nitrogens with zero attached hydrogens (tertiary/aromatic N) is 3. The van der Waals surface area contributed by atoms with E-state index in [1.165, 1.54) is 16.6 Å². The van der Waals surface area contributed by atoms with Gasteiger partial charge >= 0.3 is 5.97 Å². The highest BCUT2D eigenvalue weighted by atomic mass is 16.5. The second-order valence-electron chi connectivity index (χ2n) is 8.66. The summed E-state index contributed by atoms with van der Waals surface area (Å²) >= 11 is 0. The van der Waals surface area contributed by atoms with Crippen molar-refractivity contribution in [3.8, 4) is 0 Å². The number of hydrogen-bond donors (Lipinski definition) is 0. The number of esters is 1. The summed E-state index contributed by atoms with van der Waals surface area (Å²) < 4.78 is 6.79. The van der Waals surface area contributed by atoms with Crippen LogP contribution in [0.5, 0.6) is 0 Å². The third-order valence-corrected chi connectivity index (χ3v) is 6.18. The number of fused-ring (bicyclic) bond motifs is 2. The molecule has 0 aliphatic carbocycles. The minimum absolute atomic E-state index is 0.163. The van der Waals surface area contributed by atoms with E-state index in [2.05, 4.69) is 0 Å². The van der Waals surface area contributed by atoms with Gasteiger partial charge in [-0.05, 0) is 69.0 Å². The Hall–Kier alpha value is -4.00. The van der Waals surface area contributed by atoms with E-state index in [-0.39, 0.29) is 23.5 Å². The van der Waals surface area contributed by atoms with Gasteiger partial charge in [0.25, 0.3) is 5.56 Å². The second kappa shape index (κ2) is 9.70. The van der Waals surface area contributed by atoms with E-state index in [0.29, 0.717) is 41.3 Å². The number of aryl methyl sites for hydroxylation is 3. The van der Waals surface area contributed by atoms with Crippen molar-refractivity contribution >= 4 is 29.3 Å². The number of aromatic nitrogens is 2. The zero-order valence-electron chi connectivity index (χ0n) is 20.7. The number of carbonyl (C=O) groups excluding carboxylic acids is 2. The summed E-state index contributed by atoms with van der Waals surface area (Å²) in [5.41, 5.74) is 4.55. The standard InChI is InChI=1S/C28H29N3O4/c1-6-12-30-23(16-24(32)20-11-10-17(3)19(5)14-20)21(28(34)35-7-2)15-22-26(30)29-25-18(4)9-8-13-31(25)27(22)33/h8-11,13-16H,6-7,12H2,1-5H3/b23-16-. The molecule has 3 heterocycles. The molecule has 0 saturated heterocycles. The van der Waals surface area contributed by atoms with Gasteiger partial charge in [0.2, 0.25) is 0 Å². The first-order chi connectivity index (χ1) is 16.8. The van der Waals surface area contributed by atoms with E-state index in [9.17, 15) is 14.4 Å². The summed E-state index contributed by atoms with van der Waals surface area (Å²) in [6.07, 6.45) is 5.32. The molecule has 1 aliphatic heterocycles. The Bertz CT molecular complexity index is 1460. The number of carbonyl (C=O) groups is 2. The fourth-order valence-corrected chi connectivity index (χ4v) is 4.19. The molecule has 0 radical (unpaired) electrons. The average molecular weight is 472 g/mol. The molecule has 0 bridgehead atoms. The van der Waals surface area contributed by atoms with Gasteiger partial charge in [0.15, 0.2) is 5.78 Å². The molecule has 0 atom stereocenters. The number of rotatable bonds is 6. The van der Waals surface area contributed by atoms with Crippen LogP contribution in [0.1, 0.15) is 52.9 Å². The van der Waals surface area contributed by atoms with Crippen LogP contribution in [0.15, 0.2) is 58.7 Å². The van der Waals surface area contributed by atoms with Crippen molar-refractivity contribution in [3.05, 3.63) is 92.0 Å². The van der Waals surface area contributed by atoms with E-state index < -0.39 is 5.97 Å². The fourth-order valence-electron chi connectivity index (χ4n) is 4.19. The Morgan fingerprint density at radius 3 is 2.51 bits per heavy atom. The summed E-state index contributed by atoms with van der Waals surface area (Å²) in [7, 11) is 0. The first-order valence-electron chi connectivity index (χ1n) is 11.8. The second-order valence-corrected chi connectivity index (χ2v) is 8.66. The largest absolute Gasteiger partial charge is 0.462 e. The number of ketones is 1. The lowest BCUT2D eigenvalue weighted by atomic mass is 9.98. The van der Waals surface area contributed by atoms with Crippen LogP contribution >= 0.6 is 0 Å². The minimum Gasteiger partial charge on any atom is -0.462 e. The van der Waals surface area contributed by atoms with Gasteiger partial charge in [-0.3, -0.25) is 14.0 Å². The van der Waals surface area contributed by atoms with E-state index in [4.69, 9.17) is 9.72 Å². The maximum absolute atomic E-state index is 13.4. The molecule has 7 heteroatoms. The van der Waals surface area contributed by atoms with Crippen molar-refractivity contribution in [1.82, 2.24) is 9.38 Å². The predicted molar refractivity (Wildman–Crippen MR) is 137 cm³/mol. The Kier molecular flexibility index (Phi) is 6.69. The van der Waals surface area contributed by atoms with Crippen LogP contribution in [-0.2, 0) is 9.53 Å². The van der Waals surface area contributed by atoms with Crippen molar-refractivity contribution in [2.75, 3.05) is 18.1 Å². The van der Waals surface area contributed by atoms with Crippen LogP contribution in [0.3, 0.4) is 0 Å². The number of anilines is 1. The molecule has 0 fully saturated rings. The molecule has 4 rings (SSSR count). The molecular weight excluding hydrogens is 442 g/mol. The summed E-state index contributed by atoms with van der Waals surface area (Å²) in [5, 5.41) is 0. The Morgan fingerprint density at radius 1 is 1.06 bits per heavy atom. The van der Waals surface area contributed by atoms with Crippen LogP contribution in [0.25, 0.3) is 11.7 Å². The summed E-state index contributed by atoms with van der Waals surface area (Å²) in [6, 6.07) is 9.19. The minimum atomic E-state index is -0.591. The monoisotopic (exact) mass is 471 g/mol. The van der Waals surface area contributed by atoms with E-state index >= 15 is 0 Å². The van der Waals surface area contributed by atoms with Gasteiger partial charge in [-0.2, -0.15) is 0 Å². The van der Waals surface area contributed by atoms with Crippen LogP contribution < -0.4 is 10.5 Å². The molecule has 180 valence electrons. The van der Waals surface area contributed by atoms with E-state index in [0.717, 1.165) is 16.7 Å². The molecule has 0 saturated carbocycles. The van der Waals surface area contributed by atoms with Gasteiger partial charge in [-0.1, -0.05) is 25.1 Å². The zero-order chi connectivity index (χ0) is 25.3. The van der Waals surface area contributed by atoms with Crippen LogP contribution in [-0.4, -0.2) is 34.3 Å². The molecule has 2 aromatic heterocycles. The quantitative estimate of drug-likeness (QED) is 0.298. The molecular formula is C28H29N3O4. The first kappa shape index (κ1) is 24.1. The molecule has 0 unspecified atom stereocenters. The summed E-state index contributed by atoms with van der Waals surface area (Å²) in [5.74, 6) is -0.401. The number of hydrogen-bond acceptors (Lipinski definition) is 6. The fraction of sp³-hybridized carbons (Fsp3) is 0.286. The Morgan fingerprint density at radius 2 is 1.83 bits per heavy atom. The number of benzene rings is 1. The third-order valence-electron chi connectivity index (χ3n) is 6.18. The molecule has 7 nitrogen and oxygen atoms in total. The molecule has 1 aliphatic rings. The predicted octanol–water partition coefficient (Wildman–Crippen LogP) is 4.56. The molecule has 1 aromatic carbocycles. The van der Waals surface area contributed by atoms with Crippen molar-refractivity contribution in [2.24, 2.45) is 0 Å². The normalized spacial score (nSPS) is 14.1. The van der Waals surface area contributed by atoms with Gasteiger partial charge in [0.1, 0.15) is 11.5 Å². The van der Waals surface area contributed by atoms with Crippen LogP contribution in [0.4, 0.5) is 5.82 Å². The number of pyridine rings is 1. The molecule has 3 aromatic rings. The Labute approximate surface area is 204 Å². The number of allylic oxidation sites excluding steroid dienone is 1. The van der Waals surface area contributed by atoms with Gasteiger partial charge in [0, 0.05) is 24.4 Å². The van der Waals surface area contributed by atoms with Crippen molar-refractivity contribution < 1.29 is 14.3 Å². The van der Waals surface area contributed by atoms with Gasteiger partial charge in [-0.15, -0.1) is 0 Å². The number of ether oxygens (including phenoxy) is 1. The van der Waals surface area contributed by atoms with E-state index in [1.54, 1.807) is 30.2 Å². The lowest BCUT2D eigenvalue weighted by Crippen LogP contribution is -2.35. The van der Waals surface area contributed by atoms with Crippen LogP contribution in [0.2, 0.25) is 0 Å². The summed E-state index contributed by atoms with van der Waals surface area (Å²) in [4.78, 5) is 46.4. The van der Waals surface area contributed by atoms with Crippen molar-refractivity contribution in [2.45, 2.75) is 41.0 Å². The molecule has 0 N–H and O–H groups in total. The highest BCUT2D eigenvalue weighted by Crippen LogP contribution is 2.34. The summed E-state index contributed by atoms with van der Waals surface area (Å²) in [6.45, 7) is 10.2. The van der Waals surface area contributed by atoms with Gasteiger partial charge in [-0.25, -0.2) is 9.78 Å². The Balaban J connectivity index is 1.98. The smallest absolute Gasteiger partial charge is 0.340 e. The maximum Gasteiger partial charge on any atom is 0.340 e. The lowest BCUT2D eigenvalue weighted by Gasteiger charge is -2.32. The zero-order valence-corrected chi connectivity index (χ0v) is 20.7. The van der Waals surface area contributed by atoms with Crippen molar-refractivity contribution in [3.63, 3.8) is 0 Å².